The molecule has 0 fully saturated rings. The summed E-state index contributed by atoms with van der Waals surface area (Å²) >= 11 is 0. The van der Waals surface area contributed by atoms with E-state index in [-0.39, 0.29) is 10.8 Å². The Morgan fingerprint density at radius 1 is 1.04 bits per heavy atom. The molecule has 0 aliphatic heterocycles. The Bertz CT molecular complexity index is 875. The summed E-state index contributed by atoms with van der Waals surface area (Å²) in [5.74, 6) is -1.42. The van der Waals surface area contributed by atoms with Gasteiger partial charge in [-0.25, -0.2) is 4.79 Å². The van der Waals surface area contributed by atoms with Crippen molar-refractivity contribution in [1.82, 2.24) is 0 Å². The summed E-state index contributed by atoms with van der Waals surface area (Å²) < 4.78 is 27.9. The third-order valence-electron chi connectivity index (χ3n) is 3.01. The van der Waals surface area contributed by atoms with Crippen LogP contribution >= 0.6 is 0 Å². The van der Waals surface area contributed by atoms with E-state index in [1.807, 2.05) is 30.3 Å². The maximum absolute atomic E-state index is 11.9. The van der Waals surface area contributed by atoms with Crippen LogP contribution in [0.15, 0.2) is 65.6 Å². The third-order valence-corrected chi connectivity index (χ3v) is 4.26. The van der Waals surface area contributed by atoms with E-state index in [9.17, 15) is 18.0 Å². The first-order valence-corrected chi connectivity index (χ1v) is 8.63. The topological polar surface area (TPSA) is 116 Å². The lowest BCUT2D eigenvalue weighted by atomic mass is 10.2. The molecule has 0 aliphatic rings. The maximum Gasteiger partial charge on any atom is 0.341 e. The van der Waals surface area contributed by atoms with Gasteiger partial charge < -0.3 is 15.2 Å². The Balaban J connectivity index is 2.01. The largest absolute Gasteiger partial charge is 0.341 e. The Kier molecular flexibility index (Phi) is 6.04. The number of nitrogens with two attached hydrogens (primary N) is 1. The van der Waals surface area contributed by atoms with E-state index in [0.29, 0.717) is 5.69 Å². The first kappa shape index (κ1) is 18.4. The standard InChI is InChI=1S/C17H16N2O5S/c18-12-17(21)24-25(22,23)15-9-7-14(8-10-15)19-16(20)11-6-13-4-2-1-3-5-13/h1-11H,12,18H2,(H,19,20)/b11-6+. The lowest BCUT2D eigenvalue weighted by Gasteiger charge is -2.06. The highest BCUT2D eigenvalue weighted by Gasteiger charge is 2.19. The van der Waals surface area contributed by atoms with Crippen molar-refractivity contribution in [1.29, 1.82) is 0 Å². The minimum absolute atomic E-state index is 0.216. The van der Waals surface area contributed by atoms with Gasteiger partial charge in [-0.15, -0.1) is 0 Å². The number of carbonyl (C=O) groups excluding carboxylic acids is 2. The summed E-state index contributed by atoms with van der Waals surface area (Å²) in [4.78, 5) is 22.6. The highest BCUT2D eigenvalue weighted by Crippen LogP contribution is 2.16. The SMILES string of the molecule is NCC(=O)OS(=O)(=O)c1ccc(NC(=O)/C=C/c2ccccc2)cc1. The van der Waals surface area contributed by atoms with Gasteiger partial charge in [-0.2, -0.15) is 8.42 Å². The third kappa shape index (κ3) is 5.55. The predicted octanol–water partition coefficient (Wildman–Crippen LogP) is 1.53. The van der Waals surface area contributed by atoms with Crippen molar-refractivity contribution in [3.05, 3.63) is 66.2 Å². The number of carbonyl (C=O) groups is 2. The smallest absolute Gasteiger partial charge is 0.341 e. The van der Waals surface area contributed by atoms with E-state index in [1.165, 1.54) is 30.3 Å². The van der Waals surface area contributed by atoms with Gasteiger partial charge in [-0.3, -0.25) is 4.79 Å². The maximum atomic E-state index is 11.9. The molecule has 0 radical (unpaired) electrons. The summed E-state index contributed by atoms with van der Waals surface area (Å²) in [5, 5.41) is 2.59. The predicted molar refractivity (Wildman–Crippen MR) is 92.9 cm³/mol. The molecule has 25 heavy (non-hydrogen) atoms. The number of hydrogen-bond donors (Lipinski definition) is 2. The van der Waals surface area contributed by atoms with E-state index in [0.717, 1.165) is 5.56 Å². The van der Waals surface area contributed by atoms with E-state index < -0.39 is 22.6 Å². The van der Waals surface area contributed by atoms with Crippen LogP contribution in [-0.4, -0.2) is 26.8 Å². The number of amides is 1. The fourth-order valence-electron chi connectivity index (χ4n) is 1.83. The van der Waals surface area contributed by atoms with Crippen molar-refractivity contribution in [2.45, 2.75) is 4.90 Å². The second-order valence-corrected chi connectivity index (χ2v) is 6.42. The lowest BCUT2D eigenvalue weighted by Crippen LogP contribution is -2.21. The number of rotatable bonds is 6. The minimum Gasteiger partial charge on any atom is -0.341 e. The zero-order valence-corrected chi connectivity index (χ0v) is 13.9. The fourth-order valence-corrected chi connectivity index (χ4v) is 2.71. The first-order chi connectivity index (χ1) is 11.9. The van der Waals surface area contributed by atoms with Crippen molar-refractivity contribution in [3.63, 3.8) is 0 Å². The molecule has 8 heteroatoms. The normalized spacial score (nSPS) is 11.2. The zero-order valence-electron chi connectivity index (χ0n) is 13.1. The number of anilines is 1. The van der Waals surface area contributed by atoms with Gasteiger partial charge in [0.1, 0.15) is 4.90 Å². The molecule has 0 saturated heterocycles. The highest BCUT2D eigenvalue weighted by atomic mass is 32.2. The number of nitrogens with one attached hydrogen (secondary N) is 1. The van der Waals surface area contributed by atoms with Crippen LogP contribution in [0.25, 0.3) is 6.08 Å². The quantitative estimate of drug-likeness (QED) is 0.596. The van der Waals surface area contributed by atoms with Gasteiger partial charge in [0.05, 0.1) is 6.54 Å². The van der Waals surface area contributed by atoms with E-state index in [4.69, 9.17) is 5.73 Å². The Morgan fingerprint density at radius 3 is 2.28 bits per heavy atom. The van der Waals surface area contributed by atoms with Crippen LogP contribution in [0.3, 0.4) is 0 Å². The van der Waals surface area contributed by atoms with Crippen LogP contribution in [0.2, 0.25) is 0 Å². The summed E-state index contributed by atoms with van der Waals surface area (Å²) in [6.45, 7) is -0.541. The molecule has 7 nitrogen and oxygen atoms in total. The fraction of sp³-hybridized carbons (Fsp3) is 0.0588. The van der Waals surface area contributed by atoms with Crippen molar-refractivity contribution < 1.29 is 22.2 Å². The molecule has 0 saturated carbocycles. The van der Waals surface area contributed by atoms with Crippen LogP contribution < -0.4 is 11.1 Å². The van der Waals surface area contributed by atoms with E-state index in [2.05, 4.69) is 9.50 Å². The average molecular weight is 360 g/mol. The monoisotopic (exact) mass is 360 g/mol. The average Bonchev–Trinajstić information content (AvgIpc) is 2.61. The van der Waals surface area contributed by atoms with Gasteiger partial charge in [0, 0.05) is 11.8 Å². The molecule has 2 rings (SSSR count). The van der Waals surface area contributed by atoms with Crippen LogP contribution in [0.1, 0.15) is 5.56 Å². The second kappa shape index (κ2) is 8.22. The Hall–Kier alpha value is -2.97. The molecule has 1 amide bonds. The van der Waals surface area contributed by atoms with Crippen LogP contribution in [0, 0.1) is 0 Å². The van der Waals surface area contributed by atoms with Gasteiger partial charge in [0.2, 0.25) is 5.91 Å². The molecule has 0 bridgehead atoms. The molecular weight excluding hydrogens is 344 g/mol. The van der Waals surface area contributed by atoms with E-state index >= 15 is 0 Å². The molecule has 0 unspecified atom stereocenters. The van der Waals surface area contributed by atoms with Crippen LogP contribution in [-0.2, 0) is 23.9 Å². The highest BCUT2D eigenvalue weighted by molar-refractivity contribution is 7.87. The molecule has 0 aromatic heterocycles. The molecule has 0 aliphatic carbocycles. The molecular formula is C17H16N2O5S. The molecule has 130 valence electrons. The van der Waals surface area contributed by atoms with Crippen molar-refractivity contribution in [3.8, 4) is 0 Å². The summed E-state index contributed by atoms with van der Waals surface area (Å²) in [6, 6.07) is 14.5. The Morgan fingerprint density at radius 2 is 1.68 bits per heavy atom. The van der Waals surface area contributed by atoms with Gasteiger partial charge >= 0.3 is 16.1 Å². The van der Waals surface area contributed by atoms with Gasteiger partial charge in [0.15, 0.2) is 0 Å². The van der Waals surface area contributed by atoms with Gasteiger partial charge in [-0.05, 0) is 35.9 Å². The van der Waals surface area contributed by atoms with Gasteiger partial charge in [-0.1, -0.05) is 30.3 Å². The first-order valence-electron chi connectivity index (χ1n) is 7.22. The van der Waals surface area contributed by atoms with Gasteiger partial charge in [0.25, 0.3) is 0 Å². The molecule has 2 aromatic rings. The van der Waals surface area contributed by atoms with E-state index in [1.54, 1.807) is 6.08 Å². The number of hydrogen-bond acceptors (Lipinski definition) is 6. The van der Waals surface area contributed by atoms with Crippen LogP contribution in [0.4, 0.5) is 5.69 Å². The Labute approximate surface area is 145 Å². The molecule has 0 atom stereocenters. The molecule has 2 aromatic carbocycles. The zero-order chi connectivity index (χ0) is 18.3. The minimum atomic E-state index is -4.22. The summed E-state index contributed by atoms with van der Waals surface area (Å²) in [6.07, 6.45) is 3.02. The van der Waals surface area contributed by atoms with Crippen molar-refractivity contribution >= 4 is 33.8 Å². The van der Waals surface area contributed by atoms with Crippen LogP contribution in [0.5, 0.6) is 0 Å². The molecule has 0 spiro atoms. The number of benzene rings is 2. The van der Waals surface area contributed by atoms with Crippen molar-refractivity contribution in [2.24, 2.45) is 5.73 Å². The lowest BCUT2D eigenvalue weighted by molar-refractivity contribution is -0.132. The summed E-state index contributed by atoms with van der Waals surface area (Å²) in [7, 11) is -4.22. The second-order valence-electron chi connectivity index (χ2n) is 4.87. The summed E-state index contributed by atoms with van der Waals surface area (Å²) in [5.41, 5.74) is 6.28. The molecule has 3 N–H and O–H groups in total. The van der Waals surface area contributed by atoms with Crippen molar-refractivity contribution in [2.75, 3.05) is 11.9 Å². The molecule has 0 heterocycles.